The van der Waals surface area contributed by atoms with Gasteiger partial charge in [-0.2, -0.15) is 0 Å². The minimum atomic E-state index is -0.510. The van der Waals surface area contributed by atoms with Crippen molar-refractivity contribution >= 4 is 11.3 Å². The van der Waals surface area contributed by atoms with Crippen molar-refractivity contribution in [2.75, 3.05) is 7.11 Å². The molecule has 1 heterocycles. The Labute approximate surface area is 98.4 Å². The van der Waals surface area contributed by atoms with E-state index < -0.39 is 6.10 Å². The Kier molecular flexibility index (Phi) is 3.54. The molecule has 0 spiro atoms. The largest absolute Gasteiger partial charge is 0.496 e. The average Bonchev–Trinajstić information content (AvgIpc) is 2.83. The fraction of sp³-hybridized carbons (Fsp3) is 0.250. The van der Waals surface area contributed by atoms with Crippen LogP contribution in [0.3, 0.4) is 0 Å². The smallest absolute Gasteiger partial charge is 0.122 e. The molecular formula is C12H13NO2S. The molecule has 0 saturated heterocycles. The van der Waals surface area contributed by atoms with Gasteiger partial charge in [0.2, 0.25) is 0 Å². The van der Waals surface area contributed by atoms with E-state index in [0.29, 0.717) is 6.42 Å². The normalized spacial score (nSPS) is 12.4. The quantitative estimate of drug-likeness (QED) is 0.885. The molecule has 0 bridgehead atoms. The van der Waals surface area contributed by atoms with Crippen LogP contribution >= 0.6 is 11.3 Å². The number of hydrogen-bond acceptors (Lipinski definition) is 4. The van der Waals surface area contributed by atoms with Gasteiger partial charge < -0.3 is 9.84 Å². The van der Waals surface area contributed by atoms with Crippen LogP contribution in [0.4, 0.5) is 0 Å². The zero-order valence-corrected chi connectivity index (χ0v) is 9.78. The number of aromatic nitrogens is 1. The maximum absolute atomic E-state index is 10.00. The molecule has 0 amide bonds. The van der Waals surface area contributed by atoms with Gasteiger partial charge in [0.15, 0.2) is 0 Å². The second kappa shape index (κ2) is 5.09. The molecule has 1 N–H and O–H groups in total. The molecule has 0 saturated carbocycles. The summed E-state index contributed by atoms with van der Waals surface area (Å²) in [5.74, 6) is 0.811. The van der Waals surface area contributed by atoms with E-state index in [1.807, 2.05) is 24.3 Å². The lowest BCUT2D eigenvalue weighted by Gasteiger charge is -2.11. The monoisotopic (exact) mass is 235 g/mol. The number of methoxy groups -OCH3 is 1. The van der Waals surface area contributed by atoms with Crippen molar-refractivity contribution in [3.8, 4) is 5.75 Å². The molecule has 16 heavy (non-hydrogen) atoms. The fourth-order valence-electron chi connectivity index (χ4n) is 1.57. The van der Waals surface area contributed by atoms with E-state index in [9.17, 15) is 5.11 Å². The summed E-state index contributed by atoms with van der Waals surface area (Å²) in [6.07, 6.45) is 1.74. The minimum Gasteiger partial charge on any atom is -0.496 e. The molecular weight excluding hydrogens is 222 g/mol. The molecule has 0 aliphatic heterocycles. The van der Waals surface area contributed by atoms with Gasteiger partial charge in [0.05, 0.1) is 23.6 Å². The molecule has 1 aromatic carbocycles. The number of aliphatic hydroxyl groups is 1. The van der Waals surface area contributed by atoms with Crippen molar-refractivity contribution in [2.24, 2.45) is 0 Å². The standard InChI is InChI=1S/C12H13NO2S/c1-15-11-5-3-2-4-9(11)6-10(14)12-7-13-8-16-12/h2-5,7-8,10,14H,6H2,1H3. The summed E-state index contributed by atoms with van der Waals surface area (Å²) in [5.41, 5.74) is 2.73. The van der Waals surface area contributed by atoms with E-state index in [4.69, 9.17) is 4.74 Å². The van der Waals surface area contributed by atoms with Crippen molar-refractivity contribution in [2.45, 2.75) is 12.5 Å². The Bertz CT molecular complexity index is 442. The topological polar surface area (TPSA) is 42.4 Å². The summed E-state index contributed by atoms with van der Waals surface area (Å²) < 4.78 is 5.24. The highest BCUT2D eigenvalue weighted by molar-refractivity contribution is 7.09. The Morgan fingerprint density at radius 1 is 1.44 bits per heavy atom. The van der Waals surface area contributed by atoms with Crippen LogP contribution < -0.4 is 4.74 Å². The summed E-state index contributed by atoms with van der Waals surface area (Å²) in [4.78, 5) is 4.84. The number of benzene rings is 1. The maximum atomic E-state index is 10.00. The van der Waals surface area contributed by atoms with E-state index in [1.54, 1.807) is 18.8 Å². The van der Waals surface area contributed by atoms with Crippen LogP contribution in [0.1, 0.15) is 16.5 Å². The lowest BCUT2D eigenvalue weighted by molar-refractivity contribution is 0.181. The van der Waals surface area contributed by atoms with Crippen LogP contribution in [0.25, 0.3) is 0 Å². The van der Waals surface area contributed by atoms with Crippen molar-refractivity contribution in [1.82, 2.24) is 4.98 Å². The van der Waals surface area contributed by atoms with Gasteiger partial charge in [-0.15, -0.1) is 11.3 Å². The van der Waals surface area contributed by atoms with Gasteiger partial charge in [0.25, 0.3) is 0 Å². The van der Waals surface area contributed by atoms with Gasteiger partial charge in [-0.05, 0) is 11.6 Å². The lowest BCUT2D eigenvalue weighted by Crippen LogP contribution is -2.01. The zero-order chi connectivity index (χ0) is 11.4. The second-order valence-corrected chi connectivity index (χ2v) is 4.35. The third-order valence-electron chi connectivity index (χ3n) is 2.39. The summed E-state index contributed by atoms with van der Waals surface area (Å²) >= 11 is 1.46. The number of thiazole rings is 1. The number of hydrogen-bond donors (Lipinski definition) is 1. The van der Waals surface area contributed by atoms with Crippen molar-refractivity contribution in [3.63, 3.8) is 0 Å². The second-order valence-electron chi connectivity index (χ2n) is 3.44. The van der Waals surface area contributed by atoms with Crippen molar-refractivity contribution in [3.05, 3.63) is 46.4 Å². The number of aliphatic hydroxyl groups excluding tert-OH is 1. The lowest BCUT2D eigenvalue weighted by atomic mass is 10.1. The first-order valence-electron chi connectivity index (χ1n) is 4.99. The Hall–Kier alpha value is -1.39. The van der Waals surface area contributed by atoms with Gasteiger partial charge in [0, 0.05) is 12.6 Å². The fourth-order valence-corrected chi connectivity index (χ4v) is 2.18. The number of ether oxygens (including phenoxy) is 1. The summed E-state index contributed by atoms with van der Waals surface area (Å²) in [5, 5.41) is 10.00. The van der Waals surface area contributed by atoms with Crippen LogP contribution in [-0.4, -0.2) is 17.2 Å². The number of nitrogens with zero attached hydrogens (tertiary/aromatic N) is 1. The third kappa shape index (κ3) is 2.40. The molecule has 2 aromatic rings. The first-order valence-corrected chi connectivity index (χ1v) is 5.87. The number of para-hydroxylation sites is 1. The first-order chi connectivity index (χ1) is 7.81. The predicted octanol–water partition coefficient (Wildman–Crippen LogP) is 2.43. The van der Waals surface area contributed by atoms with Crippen LogP contribution in [0, 0.1) is 0 Å². The van der Waals surface area contributed by atoms with Crippen LogP contribution in [-0.2, 0) is 6.42 Å². The Morgan fingerprint density at radius 3 is 2.94 bits per heavy atom. The molecule has 1 atom stereocenters. The molecule has 4 heteroatoms. The average molecular weight is 235 g/mol. The molecule has 0 radical (unpaired) electrons. The van der Waals surface area contributed by atoms with Crippen molar-refractivity contribution < 1.29 is 9.84 Å². The van der Waals surface area contributed by atoms with Crippen LogP contribution in [0.15, 0.2) is 36.0 Å². The third-order valence-corrected chi connectivity index (χ3v) is 3.26. The molecule has 0 fully saturated rings. The van der Waals surface area contributed by atoms with E-state index in [2.05, 4.69) is 4.98 Å². The maximum Gasteiger partial charge on any atom is 0.122 e. The van der Waals surface area contributed by atoms with Crippen molar-refractivity contribution in [1.29, 1.82) is 0 Å². The molecule has 3 nitrogen and oxygen atoms in total. The highest BCUT2D eigenvalue weighted by Gasteiger charge is 2.12. The molecule has 84 valence electrons. The van der Waals surface area contributed by atoms with Gasteiger partial charge >= 0.3 is 0 Å². The molecule has 2 rings (SSSR count). The van der Waals surface area contributed by atoms with E-state index in [-0.39, 0.29) is 0 Å². The van der Waals surface area contributed by atoms with E-state index in [1.165, 1.54) is 11.3 Å². The van der Waals surface area contributed by atoms with Gasteiger partial charge in [0.1, 0.15) is 5.75 Å². The highest BCUT2D eigenvalue weighted by Crippen LogP contribution is 2.26. The molecule has 0 aliphatic rings. The van der Waals surface area contributed by atoms with Crippen LogP contribution in [0.2, 0.25) is 0 Å². The summed E-state index contributed by atoms with van der Waals surface area (Å²) in [6.45, 7) is 0. The summed E-state index contributed by atoms with van der Waals surface area (Å²) in [7, 11) is 1.64. The Morgan fingerprint density at radius 2 is 2.25 bits per heavy atom. The van der Waals surface area contributed by atoms with Gasteiger partial charge in [-0.1, -0.05) is 18.2 Å². The van der Waals surface area contributed by atoms with Crippen LogP contribution in [0.5, 0.6) is 5.75 Å². The van der Waals surface area contributed by atoms with Gasteiger partial charge in [-0.3, -0.25) is 4.98 Å². The molecule has 1 aromatic heterocycles. The Balaban J connectivity index is 2.14. The molecule has 1 unspecified atom stereocenters. The first kappa shape index (κ1) is 11.1. The highest BCUT2D eigenvalue weighted by atomic mass is 32.1. The summed E-state index contributed by atoms with van der Waals surface area (Å²) in [6, 6.07) is 7.72. The van der Waals surface area contributed by atoms with E-state index >= 15 is 0 Å². The van der Waals surface area contributed by atoms with E-state index in [0.717, 1.165) is 16.2 Å². The zero-order valence-electron chi connectivity index (χ0n) is 8.96. The molecule has 0 aliphatic carbocycles. The SMILES string of the molecule is COc1ccccc1CC(O)c1cncs1. The predicted molar refractivity (Wildman–Crippen MR) is 63.8 cm³/mol. The van der Waals surface area contributed by atoms with Gasteiger partial charge in [-0.25, -0.2) is 0 Å². The number of rotatable bonds is 4. The minimum absolute atomic E-state index is 0.510.